The van der Waals surface area contributed by atoms with Crippen LogP contribution < -0.4 is 4.90 Å². The number of hydrogen-bond acceptors (Lipinski definition) is 3. The summed E-state index contributed by atoms with van der Waals surface area (Å²) in [6, 6.07) is 10.4. The van der Waals surface area contributed by atoms with Gasteiger partial charge < -0.3 is 4.90 Å². The number of hydrogen-bond donors (Lipinski definition) is 0. The second-order valence-electron chi connectivity index (χ2n) is 8.63. The van der Waals surface area contributed by atoms with Gasteiger partial charge in [-0.2, -0.15) is 9.78 Å². The molecule has 0 unspecified atom stereocenters. The number of rotatable bonds is 3. The first-order valence-corrected chi connectivity index (χ1v) is 10.9. The maximum atomic E-state index is 13.5. The van der Waals surface area contributed by atoms with E-state index in [9.17, 15) is 4.79 Å². The number of benzene rings is 1. The summed E-state index contributed by atoms with van der Waals surface area (Å²) in [5.74, 6) is 0.564. The van der Waals surface area contributed by atoms with Crippen molar-refractivity contribution < 1.29 is 4.79 Å². The number of nitrogens with zero attached hydrogens (tertiary/aromatic N) is 3. The Balaban J connectivity index is 1.63. The van der Waals surface area contributed by atoms with Gasteiger partial charge in [-0.3, -0.25) is 4.79 Å². The van der Waals surface area contributed by atoms with Crippen molar-refractivity contribution in [2.24, 2.45) is 5.92 Å². The van der Waals surface area contributed by atoms with E-state index in [1.54, 1.807) is 4.68 Å². The monoisotopic (exact) mass is 375 g/mol. The van der Waals surface area contributed by atoms with Crippen LogP contribution in [0.15, 0.2) is 41.5 Å². The molecule has 2 aliphatic heterocycles. The summed E-state index contributed by atoms with van der Waals surface area (Å²) in [6.07, 6.45) is 9.38. The van der Waals surface area contributed by atoms with Crippen molar-refractivity contribution in [3.8, 4) is 11.3 Å². The second-order valence-corrected chi connectivity index (χ2v) is 8.63. The summed E-state index contributed by atoms with van der Waals surface area (Å²) in [5.41, 5.74) is 6.71. The minimum absolute atomic E-state index is 0.131. The minimum atomic E-state index is 0.131. The molecule has 1 aliphatic carbocycles. The Morgan fingerprint density at radius 1 is 0.964 bits per heavy atom. The van der Waals surface area contributed by atoms with Gasteiger partial charge in [0.15, 0.2) is 0 Å². The van der Waals surface area contributed by atoms with Crippen molar-refractivity contribution in [2.75, 3.05) is 18.0 Å². The molecule has 0 radical (unpaired) electrons. The number of carbonyl (C=O) groups is 1. The van der Waals surface area contributed by atoms with E-state index < -0.39 is 0 Å². The summed E-state index contributed by atoms with van der Waals surface area (Å²) in [7, 11) is 0. The Bertz CT molecular complexity index is 913. The van der Waals surface area contributed by atoms with Crippen molar-refractivity contribution in [3.63, 3.8) is 0 Å². The highest BCUT2D eigenvalue weighted by Gasteiger charge is 2.36. The summed E-state index contributed by atoms with van der Waals surface area (Å²) in [5, 5.41) is 4.92. The number of piperidine rings is 1. The molecule has 146 valence electrons. The average molecular weight is 376 g/mol. The highest BCUT2D eigenvalue weighted by molar-refractivity contribution is 6.00. The molecule has 2 fully saturated rings. The molecule has 0 spiro atoms. The van der Waals surface area contributed by atoms with E-state index in [2.05, 4.69) is 36.1 Å². The molecule has 4 heteroatoms. The van der Waals surface area contributed by atoms with E-state index in [0.29, 0.717) is 5.92 Å². The van der Waals surface area contributed by atoms with E-state index in [1.165, 1.54) is 43.4 Å². The molecule has 5 rings (SSSR count). The van der Waals surface area contributed by atoms with Crippen molar-refractivity contribution in [1.82, 2.24) is 9.78 Å². The largest absolute Gasteiger partial charge is 0.368 e. The summed E-state index contributed by atoms with van der Waals surface area (Å²) >= 11 is 0. The number of fused-ring (bicyclic) bond motifs is 1. The first-order valence-electron chi connectivity index (χ1n) is 10.9. The molecule has 1 aromatic carbocycles. The molecule has 28 heavy (non-hydrogen) atoms. The lowest BCUT2D eigenvalue weighted by molar-refractivity contribution is 0.0917. The zero-order chi connectivity index (χ0) is 19.1. The second kappa shape index (κ2) is 7.23. The zero-order valence-electron chi connectivity index (χ0n) is 16.8. The smallest absolute Gasteiger partial charge is 0.274 e. The molecule has 0 bridgehead atoms. The first-order chi connectivity index (χ1) is 13.7. The Kier molecular flexibility index (Phi) is 4.58. The predicted octanol–water partition coefficient (Wildman–Crippen LogP) is 5.24. The van der Waals surface area contributed by atoms with Gasteiger partial charge in [0.25, 0.3) is 5.91 Å². The Labute approximate surface area is 167 Å². The number of aromatic nitrogens is 2. The molecule has 3 heterocycles. The van der Waals surface area contributed by atoms with Gasteiger partial charge in [-0.15, -0.1) is 0 Å². The van der Waals surface area contributed by atoms with Gasteiger partial charge in [-0.25, -0.2) is 0 Å². The lowest BCUT2D eigenvalue weighted by Crippen LogP contribution is -2.32. The maximum Gasteiger partial charge on any atom is 0.274 e. The standard InChI is InChI=1S/C24H29N3O/c1-17-16-20-23(26-14-8-3-9-15-26)22(19-12-4-2-5-13-19)25-27(20)24(28)21(17)18-10-6-7-11-18/h2,4-5,12-13,18H,3,6-11,14-16H2,1H3. The number of allylic oxidation sites excluding steroid dienone is 2. The summed E-state index contributed by atoms with van der Waals surface area (Å²) < 4.78 is 1.76. The topological polar surface area (TPSA) is 38.1 Å². The van der Waals surface area contributed by atoms with Crippen LogP contribution in [0.2, 0.25) is 0 Å². The lowest BCUT2D eigenvalue weighted by atomic mass is 9.88. The van der Waals surface area contributed by atoms with Gasteiger partial charge in [-0.05, 0) is 44.9 Å². The van der Waals surface area contributed by atoms with Crippen LogP contribution in [-0.4, -0.2) is 28.8 Å². The van der Waals surface area contributed by atoms with Crippen molar-refractivity contribution >= 4 is 11.6 Å². The molecule has 1 aromatic heterocycles. The van der Waals surface area contributed by atoms with Crippen LogP contribution in [0.25, 0.3) is 11.3 Å². The van der Waals surface area contributed by atoms with Crippen molar-refractivity contribution in [1.29, 1.82) is 0 Å². The molecule has 1 saturated carbocycles. The van der Waals surface area contributed by atoms with Crippen LogP contribution in [0.5, 0.6) is 0 Å². The van der Waals surface area contributed by atoms with Gasteiger partial charge in [-0.1, -0.05) is 48.7 Å². The van der Waals surface area contributed by atoms with Gasteiger partial charge in [0.1, 0.15) is 5.69 Å². The van der Waals surface area contributed by atoms with E-state index in [-0.39, 0.29) is 5.91 Å². The highest BCUT2D eigenvalue weighted by atomic mass is 16.2. The molecule has 0 atom stereocenters. The molecule has 0 N–H and O–H groups in total. The normalized spacial score (nSPS) is 20.8. The molecule has 0 amide bonds. The first kappa shape index (κ1) is 17.7. The minimum Gasteiger partial charge on any atom is -0.368 e. The maximum absolute atomic E-state index is 13.5. The van der Waals surface area contributed by atoms with Gasteiger partial charge in [0.2, 0.25) is 0 Å². The van der Waals surface area contributed by atoms with Crippen LogP contribution in [0, 0.1) is 5.92 Å². The summed E-state index contributed by atoms with van der Waals surface area (Å²) in [4.78, 5) is 16.0. The molecular weight excluding hydrogens is 346 g/mol. The lowest BCUT2D eigenvalue weighted by Gasteiger charge is -2.31. The molecule has 3 aliphatic rings. The third-order valence-corrected chi connectivity index (χ3v) is 6.75. The van der Waals surface area contributed by atoms with E-state index >= 15 is 0 Å². The average Bonchev–Trinajstić information content (AvgIpc) is 3.38. The zero-order valence-corrected chi connectivity index (χ0v) is 16.8. The van der Waals surface area contributed by atoms with Crippen molar-refractivity contribution in [2.45, 2.75) is 58.3 Å². The fraction of sp³-hybridized carbons (Fsp3) is 0.500. The van der Waals surface area contributed by atoms with Gasteiger partial charge >= 0.3 is 0 Å². The third-order valence-electron chi connectivity index (χ3n) is 6.75. The number of anilines is 1. The van der Waals surface area contributed by atoms with Crippen molar-refractivity contribution in [3.05, 3.63) is 47.2 Å². The fourth-order valence-corrected chi connectivity index (χ4v) is 5.39. The Morgan fingerprint density at radius 2 is 1.68 bits per heavy atom. The highest BCUT2D eigenvalue weighted by Crippen LogP contribution is 2.42. The molecular formula is C24H29N3O. The van der Waals surface area contributed by atoms with Gasteiger partial charge in [0.05, 0.1) is 11.4 Å². The van der Waals surface area contributed by atoms with Crippen LogP contribution >= 0.6 is 0 Å². The van der Waals surface area contributed by atoms with Crippen LogP contribution in [0.1, 0.15) is 62.4 Å². The molecule has 2 aromatic rings. The quantitative estimate of drug-likeness (QED) is 0.736. The van der Waals surface area contributed by atoms with E-state index in [0.717, 1.165) is 54.9 Å². The summed E-state index contributed by atoms with van der Waals surface area (Å²) in [6.45, 7) is 4.29. The SMILES string of the molecule is CC1=C(C2CCCC2)C(=O)n2nc(-c3ccccc3)c(N3CCCCC3)c2C1. The van der Waals surface area contributed by atoms with E-state index in [1.807, 2.05) is 6.07 Å². The fourth-order valence-electron chi connectivity index (χ4n) is 5.39. The number of carbonyl (C=O) groups excluding carboxylic acids is 1. The Morgan fingerprint density at radius 3 is 2.39 bits per heavy atom. The third kappa shape index (κ3) is 2.90. The van der Waals surface area contributed by atoms with Crippen LogP contribution in [-0.2, 0) is 6.42 Å². The van der Waals surface area contributed by atoms with Crippen LogP contribution in [0.4, 0.5) is 5.69 Å². The van der Waals surface area contributed by atoms with Gasteiger partial charge in [0, 0.05) is 30.6 Å². The predicted molar refractivity (Wildman–Crippen MR) is 113 cm³/mol. The Hall–Kier alpha value is -2.36. The van der Waals surface area contributed by atoms with E-state index in [4.69, 9.17) is 5.10 Å². The molecule has 1 saturated heterocycles. The molecule has 4 nitrogen and oxygen atoms in total. The van der Waals surface area contributed by atoms with Crippen LogP contribution in [0.3, 0.4) is 0 Å².